The Hall–Kier alpha value is -0.0400. The maximum atomic E-state index is 3.46. The van der Waals surface area contributed by atoms with Crippen molar-refractivity contribution in [3.8, 4) is 0 Å². The first-order chi connectivity index (χ1) is 4.70. The second-order valence-corrected chi connectivity index (χ2v) is 3.29. The van der Waals surface area contributed by atoms with Crippen molar-refractivity contribution in [2.45, 2.75) is 46.6 Å². The lowest BCUT2D eigenvalue weighted by Crippen LogP contribution is -2.29. The summed E-state index contributed by atoms with van der Waals surface area (Å²) in [7, 11) is 0. The zero-order chi connectivity index (χ0) is 7.98. The molecule has 0 aliphatic carbocycles. The lowest BCUT2D eigenvalue weighted by atomic mass is 10.0. The average Bonchev–Trinajstić information content (AvgIpc) is 1.86. The molecule has 0 aliphatic rings. The SMILES string of the molecule is CCN[C@@H](CC)CC(C)C. The van der Waals surface area contributed by atoms with Crippen molar-refractivity contribution in [1.29, 1.82) is 0 Å². The maximum Gasteiger partial charge on any atom is 0.00667 e. The molecule has 0 radical (unpaired) electrons. The molecule has 0 saturated carbocycles. The van der Waals surface area contributed by atoms with E-state index in [1.807, 2.05) is 0 Å². The van der Waals surface area contributed by atoms with E-state index in [4.69, 9.17) is 0 Å². The third-order valence-corrected chi connectivity index (χ3v) is 1.74. The Morgan fingerprint density at radius 3 is 2.10 bits per heavy atom. The van der Waals surface area contributed by atoms with Crippen LogP contribution in [0.2, 0.25) is 0 Å². The van der Waals surface area contributed by atoms with Crippen molar-refractivity contribution in [1.82, 2.24) is 5.32 Å². The van der Waals surface area contributed by atoms with Crippen LogP contribution in [0.25, 0.3) is 0 Å². The van der Waals surface area contributed by atoms with Gasteiger partial charge < -0.3 is 5.32 Å². The molecule has 0 heterocycles. The molecule has 0 amide bonds. The summed E-state index contributed by atoms with van der Waals surface area (Å²) in [5.41, 5.74) is 0. The molecule has 1 nitrogen and oxygen atoms in total. The molecule has 0 saturated heterocycles. The quantitative estimate of drug-likeness (QED) is 0.623. The highest BCUT2D eigenvalue weighted by Gasteiger charge is 2.05. The van der Waals surface area contributed by atoms with Gasteiger partial charge in [-0.3, -0.25) is 0 Å². The summed E-state index contributed by atoms with van der Waals surface area (Å²) in [6.07, 6.45) is 2.57. The molecule has 0 aromatic carbocycles. The molecular formula is C9H21N. The van der Waals surface area contributed by atoms with Crippen LogP contribution in [0.3, 0.4) is 0 Å². The molecule has 0 spiro atoms. The smallest absolute Gasteiger partial charge is 0.00667 e. The largest absolute Gasteiger partial charge is 0.314 e. The van der Waals surface area contributed by atoms with E-state index in [0.717, 1.165) is 18.5 Å². The highest BCUT2D eigenvalue weighted by molar-refractivity contribution is 4.64. The molecule has 1 atom stereocenters. The van der Waals surface area contributed by atoms with Gasteiger partial charge in [0.1, 0.15) is 0 Å². The van der Waals surface area contributed by atoms with Gasteiger partial charge in [0.05, 0.1) is 0 Å². The first-order valence-electron chi connectivity index (χ1n) is 4.44. The third kappa shape index (κ3) is 4.80. The number of hydrogen-bond acceptors (Lipinski definition) is 1. The van der Waals surface area contributed by atoms with Gasteiger partial charge in [0.2, 0.25) is 0 Å². The van der Waals surface area contributed by atoms with E-state index >= 15 is 0 Å². The molecule has 0 unspecified atom stereocenters. The fourth-order valence-electron chi connectivity index (χ4n) is 1.25. The monoisotopic (exact) mass is 143 g/mol. The summed E-state index contributed by atoms with van der Waals surface area (Å²) in [5.74, 6) is 0.823. The van der Waals surface area contributed by atoms with Crippen LogP contribution in [-0.2, 0) is 0 Å². The van der Waals surface area contributed by atoms with Gasteiger partial charge >= 0.3 is 0 Å². The zero-order valence-corrected chi connectivity index (χ0v) is 7.78. The summed E-state index contributed by atoms with van der Waals surface area (Å²) in [5, 5.41) is 3.46. The lowest BCUT2D eigenvalue weighted by Gasteiger charge is -2.17. The lowest BCUT2D eigenvalue weighted by molar-refractivity contribution is 0.417. The first kappa shape index (κ1) is 9.96. The molecule has 0 aliphatic heterocycles. The van der Waals surface area contributed by atoms with Crippen LogP contribution < -0.4 is 5.32 Å². The van der Waals surface area contributed by atoms with Crippen molar-refractivity contribution < 1.29 is 0 Å². The van der Waals surface area contributed by atoms with E-state index in [9.17, 15) is 0 Å². The van der Waals surface area contributed by atoms with E-state index in [1.54, 1.807) is 0 Å². The zero-order valence-electron chi connectivity index (χ0n) is 7.78. The van der Waals surface area contributed by atoms with Gasteiger partial charge in [0.15, 0.2) is 0 Å². The molecule has 0 rings (SSSR count). The minimum absolute atomic E-state index is 0.741. The van der Waals surface area contributed by atoms with Crippen LogP contribution in [0.4, 0.5) is 0 Å². The molecule has 0 aromatic rings. The molecule has 10 heavy (non-hydrogen) atoms. The molecular weight excluding hydrogens is 122 g/mol. The Morgan fingerprint density at radius 2 is 1.80 bits per heavy atom. The van der Waals surface area contributed by atoms with Crippen LogP contribution in [0.1, 0.15) is 40.5 Å². The highest BCUT2D eigenvalue weighted by Crippen LogP contribution is 2.06. The number of hydrogen-bond donors (Lipinski definition) is 1. The van der Waals surface area contributed by atoms with Gasteiger partial charge in [0, 0.05) is 6.04 Å². The summed E-state index contributed by atoms with van der Waals surface area (Å²) in [6.45, 7) is 10.1. The van der Waals surface area contributed by atoms with Crippen LogP contribution >= 0.6 is 0 Å². The molecule has 1 N–H and O–H groups in total. The molecule has 0 bridgehead atoms. The summed E-state index contributed by atoms with van der Waals surface area (Å²) < 4.78 is 0. The van der Waals surface area contributed by atoms with Gasteiger partial charge in [-0.15, -0.1) is 0 Å². The fourth-order valence-corrected chi connectivity index (χ4v) is 1.25. The Bertz CT molecular complexity index is 69.1. The minimum atomic E-state index is 0.741. The fraction of sp³-hybridized carbons (Fsp3) is 1.00. The van der Waals surface area contributed by atoms with Crippen molar-refractivity contribution in [3.63, 3.8) is 0 Å². The van der Waals surface area contributed by atoms with Gasteiger partial charge in [-0.1, -0.05) is 27.7 Å². The van der Waals surface area contributed by atoms with Crippen LogP contribution in [0.5, 0.6) is 0 Å². The van der Waals surface area contributed by atoms with Gasteiger partial charge in [-0.05, 0) is 25.3 Å². The van der Waals surface area contributed by atoms with Gasteiger partial charge in [-0.2, -0.15) is 0 Å². The molecule has 1 heteroatoms. The van der Waals surface area contributed by atoms with Gasteiger partial charge in [-0.25, -0.2) is 0 Å². The maximum absolute atomic E-state index is 3.46. The normalized spacial score (nSPS) is 14.1. The van der Waals surface area contributed by atoms with E-state index in [1.165, 1.54) is 12.8 Å². The third-order valence-electron chi connectivity index (χ3n) is 1.74. The van der Waals surface area contributed by atoms with Crippen molar-refractivity contribution >= 4 is 0 Å². The summed E-state index contributed by atoms with van der Waals surface area (Å²) in [4.78, 5) is 0. The van der Waals surface area contributed by atoms with Crippen LogP contribution in [0.15, 0.2) is 0 Å². The Kier molecular flexibility index (Phi) is 5.70. The summed E-state index contributed by atoms with van der Waals surface area (Å²) >= 11 is 0. The first-order valence-corrected chi connectivity index (χ1v) is 4.44. The molecule has 0 fully saturated rings. The number of rotatable bonds is 5. The van der Waals surface area contributed by atoms with Crippen molar-refractivity contribution in [2.24, 2.45) is 5.92 Å². The second-order valence-electron chi connectivity index (χ2n) is 3.29. The van der Waals surface area contributed by atoms with Gasteiger partial charge in [0.25, 0.3) is 0 Å². The van der Waals surface area contributed by atoms with Crippen LogP contribution in [-0.4, -0.2) is 12.6 Å². The Balaban J connectivity index is 3.39. The topological polar surface area (TPSA) is 12.0 Å². The highest BCUT2D eigenvalue weighted by atomic mass is 14.9. The number of nitrogens with one attached hydrogen (secondary N) is 1. The predicted octanol–water partition coefficient (Wildman–Crippen LogP) is 2.42. The molecule has 0 aromatic heterocycles. The van der Waals surface area contributed by atoms with E-state index in [-0.39, 0.29) is 0 Å². The molecule has 62 valence electrons. The van der Waals surface area contributed by atoms with E-state index in [0.29, 0.717) is 0 Å². The predicted molar refractivity (Wildman–Crippen MR) is 47.2 cm³/mol. The standard InChI is InChI=1S/C9H21N/c1-5-9(10-6-2)7-8(3)4/h8-10H,5-7H2,1-4H3/t9-/m0/s1. The van der Waals surface area contributed by atoms with Crippen molar-refractivity contribution in [2.75, 3.05) is 6.54 Å². The minimum Gasteiger partial charge on any atom is -0.314 e. The van der Waals surface area contributed by atoms with E-state index < -0.39 is 0 Å². The summed E-state index contributed by atoms with van der Waals surface area (Å²) in [6, 6.07) is 0.741. The Morgan fingerprint density at radius 1 is 1.20 bits per heavy atom. The Labute approximate surface area is 65.2 Å². The average molecular weight is 143 g/mol. The van der Waals surface area contributed by atoms with E-state index in [2.05, 4.69) is 33.0 Å². The van der Waals surface area contributed by atoms with Crippen LogP contribution in [0, 0.1) is 5.92 Å². The second kappa shape index (κ2) is 5.72. The van der Waals surface area contributed by atoms with Crippen molar-refractivity contribution in [3.05, 3.63) is 0 Å².